The summed E-state index contributed by atoms with van der Waals surface area (Å²) in [4.78, 5) is 0. The van der Waals surface area contributed by atoms with Crippen molar-refractivity contribution >= 4 is 15.9 Å². The fraction of sp³-hybridized carbons (Fsp3) is 0.333. The molecule has 1 N–H and O–H groups in total. The van der Waals surface area contributed by atoms with Crippen LogP contribution in [0.2, 0.25) is 0 Å². The van der Waals surface area contributed by atoms with E-state index in [0.717, 1.165) is 27.9 Å². The molecule has 2 nitrogen and oxygen atoms in total. The zero-order valence-electron chi connectivity index (χ0n) is 11.0. The lowest BCUT2D eigenvalue weighted by Crippen LogP contribution is -2.23. The Balaban J connectivity index is 2.26. The van der Waals surface area contributed by atoms with Gasteiger partial charge in [-0.3, -0.25) is 0 Å². The van der Waals surface area contributed by atoms with Gasteiger partial charge >= 0.3 is 0 Å². The normalized spacial score (nSPS) is 12.6. The largest absolute Gasteiger partial charge is 0.467 e. The summed E-state index contributed by atoms with van der Waals surface area (Å²) in [7, 11) is 0. The Morgan fingerprint density at radius 1 is 1.37 bits per heavy atom. The Kier molecular flexibility index (Phi) is 4.77. The summed E-state index contributed by atoms with van der Waals surface area (Å²) in [6, 6.07) is 6.75. The van der Waals surface area contributed by atoms with Crippen LogP contribution in [0.5, 0.6) is 0 Å². The second-order valence-electron chi connectivity index (χ2n) is 4.52. The van der Waals surface area contributed by atoms with E-state index in [-0.39, 0.29) is 11.9 Å². The molecule has 2 aromatic rings. The number of hydrogen-bond acceptors (Lipinski definition) is 2. The van der Waals surface area contributed by atoms with E-state index in [1.165, 1.54) is 6.07 Å². The quantitative estimate of drug-likeness (QED) is 0.882. The van der Waals surface area contributed by atoms with Gasteiger partial charge in [0.15, 0.2) is 0 Å². The molecule has 0 bridgehead atoms. The maximum atomic E-state index is 13.3. The third-order valence-corrected chi connectivity index (χ3v) is 3.87. The predicted molar refractivity (Wildman–Crippen MR) is 77.7 cm³/mol. The maximum Gasteiger partial charge on any atom is 0.123 e. The fourth-order valence-corrected chi connectivity index (χ4v) is 2.57. The molecule has 0 aliphatic heterocycles. The van der Waals surface area contributed by atoms with Gasteiger partial charge in [0.2, 0.25) is 0 Å². The van der Waals surface area contributed by atoms with Gasteiger partial charge in [-0.2, -0.15) is 0 Å². The van der Waals surface area contributed by atoms with E-state index in [1.807, 2.05) is 19.9 Å². The topological polar surface area (TPSA) is 25.2 Å². The summed E-state index contributed by atoms with van der Waals surface area (Å²) < 4.78 is 19.8. The van der Waals surface area contributed by atoms with Crippen molar-refractivity contribution in [2.24, 2.45) is 0 Å². The third kappa shape index (κ3) is 3.45. The lowest BCUT2D eigenvalue weighted by Gasteiger charge is -2.17. The summed E-state index contributed by atoms with van der Waals surface area (Å²) in [5.74, 6) is 0.697. The average Bonchev–Trinajstić information content (AvgIpc) is 2.79. The fourth-order valence-electron chi connectivity index (χ4n) is 2.17. The number of rotatable bonds is 5. The number of nitrogens with one attached hydrogen (secondary N) is 1. The van der Waals surface area contributed by atoms with Gasteiger partial charge < -0.3 is 9.73 Å². The number of likely N-dealkylation sites (N-methyl/N-ethyl adjacent to an activating group) is 1. The molecule has 0 radical (unpaired) electrons. The highest BCUT2D eigenvalue weighted by atomic mass is 79.9. The second-order valence-corrected chi connectivity index (χ2v) is 5.37. The number of aryl methyl sites for hydroxylation is 1. The van der Waals surface area contributed by atoms with Crippen molar-refractivity contribution in [1.82, 2.24) is 5.32 Å². The van der Waals surface area contributed by atoms with Crippen LogP contribution in [0.1, 0.15) is 29.9 Å². The molecular formula is C15H17BrFNO. The van der Waals surface area contributed by atoms with Crippen LogP contribution in [-0.4, -0.2) is 6.54 Å². The number of furan rings is 1. The van der Waals surface area contributed by atoms with Crippen LogP contribution in [0.15, 0.2) is 39.4 Å². The van der Waals surface area contributed by atoms with Crippen molar-refractivity contribution in [1.29, 1.82) is 0 Å². The third-order valence-electron chi connectivity index (χ3n) is 3.10. The first kappa shape index (κ1) is 14.3. The van der Waals surface area contributed by atoms with Crippen molar-refractivity contribution in [3.8, 4) is 0 Å². The molecule has 0 spiro atoms. The molecule has 0 saturated heterocycles. The van der Waals surface area contributed by atoms with Crippen LogP contribution in [-0.2, 0) is 6.42 Å². The minimum Gasteiger partial charge on any atom is -0.467 e. The van der Waals surface area contributed by atoms with Gasteiger partial charge in [-0.1, -0.05) is 22.9 Å². The standard InChI is InChI=1S/C15H17BrFNO/c1-3-18-14(15-10(2)6-7-19-15)9-11-8-12(17)4-5-13(11)16/h4-8,14,18H,3,9H2,1-2H3. The molecule has 0 aliphatic carbocycles. The van der Waals surface area contributed by atoms with Crippen LogP contribution < -0.4 is 5.32 Å². The molecule has 4 heteroatoms. The van der Waals surface area contributed by atoms with Crippen LogP contribution in [0, 0.1) is 12.7 Å². The first-order valence-corrected chi connectivity index (χ1v) is 7.12. The zero-order chi connectivity index (χ0) is 13.8. The average molecular weight is 326 g/mol. The Bertz CT molecular complexity index is 553. The van der Waals surface area contributed by atoms with Gasteiger partial charge in [-0.15, -0.1) is 0 Å². The van der Waals surface area contributed by atoms with E-state index in [1.54, 1.807) is 18.4 Å². The van der Waals surface area contributed by atoms with Gasteiger partial charge in [0.1, 0.15) is 11.6 Å². The van der Waals surface area contributed by atoms with Crippen LogP contribution in [0.4, 0.5) is 4.39 Å². The number of hydrogen-bond donors (Lipinski definition) is 1. The first-order chi connectivity index (χ1) is 9.11. The van der Waals surface area contributed by atoms with Gasteiger partial charge in [0.25, 0.3) is 0 Å². The van der Waals surface area contributed by atoms with E-state index in [2.05, 4.69) is 21.2 Å². The lowest BCUT2D eigenvalue weighted by atomic mass is 10.0. The Hall–Kier alpha value is -1.13. The molecule has 1 heterocycles. The molecule has 2 rings (SSSR count). The maximum absolute atomic E-state index is 13.3. The summed E-state index contributed by atoms with van der Waals surface area (Å²) >= 11 is 3.47. The Labute approximate surface area is 121 Å². The number of halogens is 2. The SMILES string of the molecule is CCNC(Cc1cc(F)ccc1Br)c1occc1C. The summed E-state index contributed by atoms with van der Waals surface area (Å²) in [5.41, 5.74) is 2.04. The minimum absolute atomic E-state index is 0.0538. The molecule has 1 atom stereocenters. The predicted octanol–water partition coefficient (Wildman–Crippen LogP) is 4.38. The van der Waals surface area contributed by atoms with Crippen molar-refractivity contribution in [2.75, 3.05) is 6.54 Å². The van der Waals surface area contributed by atoms with Crippen molar-refractivity contribution < 1.29 is 8.81 Å². The highest BCUT2D eigenvalue weighted by Gasteiger charge is 2.18. The molecule has 1 aromatic carbocycles. The highest BCUT2D eigenvalue weighted by molar-refractivity contribution is 9.10. The smallest absolute Gasteiger partial charge is 0.123 e. The molecule has 0 amide bonds. The van der Waals surface area contributed by atoms with Gasteiger partial charge in [0, 0.05) is 4.47 Å². The lowest BCUT2D eigenvalue weighted by molar-refractivity contribution is 0.413. The van der Waals surface area contributed by atoms with E-state index >= 15 is 0 Å². The van der Waals surface area contributed by atoms with Gasteiger partial charge in [0.05, 0.1) is 12.3 Å². The molecule has 0 saturated carbocycles. The van der Waals surface area contributed by atoms with Crippen LogP contribution >= 0.6 is 15.9 Å². The van der Waals surface area contributed by atoms with E-state index in [9.17, 15) is 4.39 Å². The zero-order valence-corrected chi connectivity index (χ0v) is 12.6. The minimum atomic E-state index is -0.218. The summed E-state index contributed by atoms with van der Waals surface area (Å²) in [5, 5.41) is 3.38. The van der Waals surface area contributed by atoms with E-state index < -0.39 is 0 Å². The van der Waals surface area contributed by atoms with E-state index in [0.29, 0.717) is 6.42 Å². The van der Waals surface area contributed by atoms with Crippen molar-refractivity contribution in [2.45, 2.75) is 26.3 Å². The Morgan fingerprint density at radius 3 is 2.79 bits per heavy atom. The van der Waals surface area contributed by atoms with Crippen molar-refractivity contribution in [3.05, 3.63) is 57.7 Å². The molecular weight excluding hydrogens is 309 g/mol. The van der Waals surface area contributed by atoms with Gasteiger partial charge in [-0.05, 0) is 55.3 Å². The van der Waals surface area contributed by atoms with Crippen LogP contribution in [0.3, 0.4) is 0 Å². The Morgan fingerprint density at radius 2 is 2.16 bits per heavy atom. The van der Waals surface area contributed by atoms with Crippen molar-refractivity contribution in [3.63, 3.8) is 0 Å². The molecule has 0 fully saturated rings. The number of benzene rings is 1. The first-order valence-electron chi connectivity index (χ1n) is 6.33. The van der Waals surface area contributed by atoms with Crippen LogP contribution in [0.25, 0.3) is 0 Å². The monoisotopic (exact) mass is 325 g/mol. The van der Waals surface area contributed by atoms with E-state index in [4.69, 9.17) is 4.42 Å². The summed E-state index contributed by atoms with van der Waals surface area (Å²) in [6.45, 7) is 4.90. The highest BCUT2D eigenvalue weighted by Crippen LogP contribution is 2.26. The second kappa shape index (κ2) is 6.35. The molecule has 1 unspecified atom stereocenters. The summed E-state index contributed by atoms with van der Waals surface area (Å²) in [6.07, 6.45) is 2.37. The molecule has 102 valence electrons. The molecule has 1 aromatic heterocycles. The molecule has 19 heavy (non-hydrogen) atoms. The van der Waals surface area contributed by atoms with Gasteiger partial charge in [-0.25, -0.2) is 4.39 Å². The molecule has 0 aliphatic rings.